The smallest absolute Gasteiger partial charge is 0.0332 e. The second-order valence-electron chi connectivity index (χ2n) is 4.66. The highest BCUT2D eigenvalue weighted by Crippen LogP contribution is 2.27. The summed E-state index contributed by atoms with van der Waals surface area (Å²) in [5.41, 5.74) is 1.85. The van der Waals surface area contributed by atoms with Gasteiger partial charge in [0.05, 0.1) is 0 Å². The molecule has 90 valence electrons. The Hall–Kier alpha value is -0.380. The molecule has 0 amide bonds. The molecule has 3 heteroatoms. The first-order chi connectivity index (χ1) is 7.80. The molecule has 1 saturated heterocycles. The van der Waals surface area contributed by atoms with E-state index in [1.54, 1.807) is 11.3 Å². The highest BCUT2D eigenvalue weighted by Gasteiger charge is 2.35. The van der Waals surface area contributed by atoms with Gasteiger partial charge in [-0.2, -0.15) is 11.3 Å². The van der Waals surface area contributed by atoms with Gasteiger partial charge in [0.1, 0.15) is 0 Å². The van der Waals surface area contributed by atoms with Crippen molar-refractivity contribution in [3.63, 3.8) is 0 Å². The fraction of sp³-hybridized carbons (Fsp3) is 0.692. The molecular weight excluding hydrogens is 216 g/mol. The maximum Gasteiger partial charge on any atom is 0.0332 e. The van der Waals surface area contributed by atoms with Crippen molar-refractivity contribution in [2.45, 2.75) is 38.8 Å². The van der Waals surface area contributed by atoms with Crippen molar-refractivity contribution >= 4 is 11.3 Å². The molecule has 0 spiro atoms. The molecule has 1 fully saturated rings. The van der Waals surface area contributed by atoms with Crippen molar-refractivity contribution in [1.29, 1.82) is 0 Å². The van der Waals surface area contributed by atoms with Gasteiger partial charge in [-0.3, -0.25) is 4.90 Å². The first-order valence-corrected chi connectivity index (χ1v) is 7.22. The molecule has 0 atom stereocenters. The van der Waals surface area contributed by atoms with Crippen LogP contribution in [0.15, 0.2) is 16.8 Å². The van der Waals surface area contributed by atoms with E-state index in [0.29, 0.717) is 5.54 Å². The first kappa shape index (κ1) is 12.1. The quantitative estimate of drug-likeness (QED) is 0.867. The van der Waals surface area contributed by atoms with Crippen LogP contribution < -0.4 is 5.32 Å². The van der Waals surface area contributed by atoms with Crippen LogP contribution in [0.2, 0.25) is 0 Å². The van der Waals surface area contributed by atoms with E-state index >= 15 is 0 Å². The zero-order valence-electron chi connectivity index (χ0n) is 10.3. The molecule has 0 radical (unpaired) electrons. The van der Waals surface area contributed by atoms with Crippen LogP contribution in [0.3, 0.4) is 0 Å². The van der Waals surface area contributed by atoms with Crippen molar-refractivity contribution in [2.75, 3.05) is 19.6 Å². The number of hydrogen-bond acceptors (Lipinski definition) is 3. The molecule has 0 unspecified atom stereocenters. The molecule has 2 heterocycles. The van der Waals surface area contributed by atoms with Crippen molar-refractivity contribution in [2.24, 2.45) is 0 Å². The molecule has 1 aliphatic rings. The average molecular weight is 238 g/mol. The Balaban J connectivity index is 2.10. The van der Waals surface area contributed by atoms with Crippen LogP contribution in [0.5, 0.6) is 0 Å². The lowest BCUT2D eigenvalue weighted by atomic mass is 9.88. The van der Waals surface area contributed by atoms with Crippen LogP contribution in [0.4, 0.5) is 0 Å². The van der Waals surface area contributed by atoms with Gasteiger partial charge in [-0.05, 0) is 35.2 Å². The standard InChI is InChI=1S/C13H22N2S/c1-3-13(4-2)11-14-6-7-15(13)9-12-5-8-16-10-12/h5,8,10,14H,3-4,6-7,9,11H2,1-2H3. The SMILES string of the molecule is CCC1(CC)CNCCN1Cc1ccsc1. The summed E-state index contributed by atoms with van der Waals surface area (Å²) in [6, 6.07) is 2.25. The fourth-order valence-electron chi connectivity index (χ4n) is 2.68. The number of hydrogen-bond donors (Lipinski definition) is 1. The minimum atomic E-state index is 0.375. The van der Waals surface area contributed by atoms with Crippen LogP contribution in [0.1, 0.15) is 32.3 Å². The largest absolute Gasteiger partial charge is 0.314 e. The summed E-state index contributed by atoms with van der Waals surface area (Å²) in [5, 5.41) is 8.00. The predicted molar refractivity (Wildman–Crippen MR) is 70.9 cm³/mol. The second-order valence-corrected chi connectivity index (χ2v) is 5.44. The Morgan fingerprint density at radius 2 is 2.25 bits per heavy atom. The van der Waals surface area contributed by atoms with E-state index in [2.05, 4.69) is 40.9 Å². The molecule has 0 aliphatic carbocycles. The van der Waals surface area contributed by atoms with E-state index in [1.165, 1.54) is 24.9 Å². The minimum absolute atomic E-state index is 0.375. The molecule has 1 aromatic heterocycles. The van der Waals surface area contributed by atoms with Crippen LogP contribution in [0, 0.1) is 0 Å². The van der Waals surface area contributed by atoms with E-state index in [9.17, 15) is 0 Å². The van der Waals surface area contributed by atoms with Crippen LogP contribution >= 0.6 is 11.3 Å². The molecule has 2 rings (SSSR count). The van der Waals surface area contributed by atoms with E-state index < -0.39 is 0 Å². The van der Waals surface area contributed by atoms with Crippen LogP contribution in [-0.2, 0) is 6.54 Å². The Morgan fingerprint density at radius 3 is 2.88 bits per heavy atom. The lowest BCUT2D eigenvalue weighted by Gasteiger charge is -2.47. The summed E-state index contributed by atoms with van der Waals surface area (Å²) in [6.07, 6.45) is 2.47. The Bertz CT molecular complexity index is 304. The predicted octanol–water partition coefficient (Wildman–Crippen LogP) is 2.71. The third-order valence-electron chi connectivity index (χ3n) is 3.95. The summed E-state index contributed by atoms with van der Waals surface area (Å²) in [7, 11) is 0. The third-order valence-corrected chi connectivity index (χ3v) is 4.69. The zero-order valence-corrected chi connectivity index (χ0v) is 11.1. The van der Waals surface area contributed by atoms with Gasteiger partial charge in [0.25, 0.3) is 0 Å². The molecule has 16 heavy (non-hydrogen) atoms. The first-order valence-electron chi connectivity index (χ1n) is 6.27. The Kier molecular flexibility index (Phi) is 4.00. The van der Waals surface area contributed by atoms with E-state index in [-0.39, 0.29) is 0 Å². The summed E-state index contributed by atoms with van der Waals surface area (Å²) in [4.78, 5) is 2.67. The molecule has 0 aromatic carbocycles. The van der Waals surface area contributed by atoms with Crippen molar-refractivity contribution in [1.82, 2.24) is 10.2 Å². The summed E-state index contributed by atoms with van der Waals surface area (Å²) in [5.74, 6) is 0. The topological polar surface area (TPSA) is 15.3 Å². The second kappa shape index (κ2) is 5.30. The molecule has 1 N–H and O–H groups in total. The number of rotatable bonds is 4. The summed E-state index contributed by atoms with van der Waals surface area (Å²) < 4.78 is 0. The molecule has 1 aromatic rings. The lowest BCUT2D eigenvalue weighted by molar-refractivity contribution is 0.0449. The van der Waals surface area contributed by atoms with Crippen LogP contribution in [-0.4, -0.2) is 30.1 Å². The molecule has 1 aliphatic heterocycles. The van der Waals surface area contributed by atoms with Gasteiger partial charge in [-0.15, -0.1) is 0 Å². The van der Waals surface area contributed by atoms with Crippen molar-refractivity contribution in [3.8, 4) is 0 Å². The van der Waals surface area contributed by atoms with E-state index in [1.807, 2.05) is 0 Å². The van der Waals surface area contributed by atoms with Gasteiger partial charge in [0, 0.05) is 31.7 Å². The highest BCUT2D eigenvalue weighted by atomic mass is 32.1. The van der Waals surface area contributed by atoms with E-state index in [0.717, 1.165) is 19.6 Å². The molecule has 2 nitrogen and oxygen atoms in total. The third kappa shape index (κ3) is 2.31. The van der Waals surface area contributed by atoms with Crippen molar-refractivity contribution < 1.29 is 0 Å². The maximum absolute atomic E-state index is 3.55. The zero-order chi connectivity index (χ0) is 11.4. The molecule has 0 saturated carbocycles. The monoisotopic (exact) mass is 238 g/mol. The Morgan fingerprint density at radius 1 is 1.44 bits per heavy atom. The van der Waals surface area contributed by atoms with E-state index in [4.69, 9.17) is 0 Å². The summed E-state index contributed by atoms with van der Waals surface area (Å²) >= 11 is 1.80. The number of thiophene rings is 1. The fourth-order valence-corrected chi connectivity index (χ4v) is 3.34. The number of nitrogens with zero attached hydrogens (tertiary/aromatic N) is 1. The van der Waals surface area contributed by atoms with Crippen LogP contribution in [0.25, 0.3) is 0 Å². The average Bonchev–Trinajstić information content (AvgIpc) is 2.83. The number of piperazine rings is 1. The lowest BCUT2D eigenvalue weighted by Crippen LogP contribution is -2.60. The molecular formula is C13H22N2S. The van der Waals surface area contributed by atoms with Gasteiger partial charge in [0.15, 0.2) is 0 Å². The van der Waals surface area contributed by atoms with Gasteiger partial charge in [0.2, 0.25) is 0 Å². The highest BCUT2D eigenvalue weighted by molar-refractivity contribution is 7.07. The maximum atomic E-state index is 3.55. The minimum Gasteiger partial charge on any atom is -0.314 e. The van der Waals surface area contributed by atoms with Gasteiger partial charge in [-0.1, -0.05) is 13.8 Å². The molecule has 0 bridgehead atoms. The van der Waals surface area contributed by atoms with Gasteiger partial charge < -0.3 is 5.32 Å². The Labute approximate surface area is 103 Å². The number of nitrogens with one attached hydrogen (secondary N) is 1. The summed E-state index contributed by atoms with van der Waals surface area (Å²) in [6.45, 7) is 9.20. The normalized spacial score (nSPS) is 21.1. The van der Waals surface area contributed by atoms with Gasteiger partial charge in [-0.25, -0.2) is 0 Å². The van der Waals surface area contributed by atoms with Crippen molar-refractivity contribution in [3.05, 3.63) is 22.4 Å². The van der Waals surface area contributed by atoms with Gasteiger partial charge >= 0.3 is 0 Å².